The average molecular weight is 447 g/mol. The number of nitrogens with zero attached hydrogens (tertiary/aromatic N) is 5. The van der Waals surface area contributed by atoms with Crippen molar-refractivity contribution >= 4 is 38.9 Å². The largest absolute Gasteiger partial charge is 0.346 e. The summed E-state index contributed by atoms with van der Waals surface area (Å²) in [5.74, 6) is 0. The zero-order valence-corrected chi connectivity index (χ0v) is 18.3. The molecule has 0 unspecified atom stereocenters. The highest BCUT2D eigenvalue weighted by Crippen LogP contribution is 2.22. The Labute approximate surface area is 173 Å². The molecule has 3 rings (SSSR count). The van der Waals surface area contributed by atoms with Gasteiger partial charge in [0.05, 0.1) is 46.5 Å². The van der Waals surface area contributed by atoms with E-state index in [1.165, 1.54) is 5.56 Å². The molecule has 0 saturated heterocycles. The number of hydrogen-bond donors (Lipinski definition) is 1. The Kier molecular flexibility index (Phi) is 5.96. The smallest absolute Gasteiger partial charge is 0.173 e. The van der Waals surface area contributed by atoms with Gasteiger partial charge in [-0.2, -0.15) is 10.2 Å². The molecule has 0 aliphatic heterocycles. The van der Waals surface area contributed by atoms with Crippen LogP contribution in [0.5, 0.6) is 0 Å². The lowest BCUT2D eigenvalue weighted by molar-refractivity contribution is 0.481. The van der Waals surface area contributed by atoms with Gasteiger partial charge in [-0.15, -0.1) is 0 Å². The van der Waals surface area contributed by atoms with Crippen LogP contribution >= 0.6 is 28.1 Å². The van der Waals surface area contributed by atoms with Crippen LogP contribution in [-0.4, -0.2) is 36.6 Å². The molecule has 0 fully saturated rings. The van der Waals surface area contributed by atoms with E-state index in [1.54, 1.807) is 6.20 Å². The molecule has 1 aromatic carbocycles. The minimum atomic E-state index is 0.647. The molecule has 27 heavy (non-hydrogen) atoms. The molecule has 0 amide bonds. The average Bonchev–Trinajstić information content (AvgIpc) is 3.10. The van der Waals surface area contributed by atoms with Crippen LogP contribution in [-0.2, 0) is 20.1 Å². The van der Waals surface area contributed by atoms with Crippen molar-refractivity contribution in [2.75, 3.05) is 12.4 Å². The summed E-state index contributed by atoms with van der Waals surface area (Å²) in [5.41, 5.74) is 5.24. The third-order valence-corrected chi connectivity index (χ3v) is 5.61. The fourth-order valence-corrected chi connectivity index (χ4v) is 3.54. The van der Waals surface area contributed by atoms with Crippen LogP contribution in [0.2, 0.25) is 0 Å². The van der Waals surface area contributed by atoms with Gasteiger partial charge >= 0.3 is 0 Å². The van der Waals surface area contributed by atoms with Crippen molar-refractivity contribution in [3.63, 3.8) is 0 Å². The summed E-state index contributed by atoms with van der Waals surface area (Å²) in [6, 6.07) is 10.3. The molecule has 0 aliphatic rings. The van der Waals surface area contributed by atoms with Gasteiger partial charge in [-0.1, -0.05) is 30.3 Å². The highest BCUT2D eigenvalue weighted by Gasteiger charge is 2.16. The van der Waals surface area contributed by atoms with E-state index < -0.39 is 0 Å². The number of anilines is 1. The Morgan fingerprint density at radius 3 is 2.59 bits per heavy atom. The van der Waals surface area contributed by atoms with Crippen LogP contribution in [0.25, 0.3) is 0 Å². The van der Waals surface area contributed by atoms with E-state index in [0.717, 1.165) is 33.8 Å². The van der Waals surface area contributed by atoms with E-state index in [2.05, 4.69) is 50.5 Å². The Morgan fingerprint density at radius 1 is 1.26 bits per heavy atom. The van der Waals surface area contributed by atoms with Crippen LogP contribution in [0.3, 0.4) is 0 Å². The topological polar surface area (TPSA) is 50.9 Å². The van der Waals surface area contributed by atoms with Gasteiger partial charge in [-0.05, 0) is 47.6 Å². The molecular formula is C19H23BrN6S. The number of aryl methyl sites for hydroxylation is 2. The number of hydrogen-bond acceptors (Lipinski definition) is 3. The zero-order valence-electron chi connectivity index (χ0n) is 15.9. The van der Waals surface area contributed by atoms with Crippen molar-refractivity contribution in [3.05, 3.63) is 63.6 Å². The maximum Gasteiger partial charge on any atom is 0.173 e. The van der Waals surface area contributed by atoms with Crippen LogP contribution in [0, 0.1) is 13.8 Å². The Balaban J connectivity index is 1.72. The number of thiocarbonyl (C=S) groups is 1. The SMILES string of the molecule is Cc1nn(Cc2ccccc2)c(C)c1NC(=S)N(C)Cc1c(Br)cnn1C. The normalized spacial score (nSPS) is 10.9. The molecule has 0 spiro atoms. The van der Waals surface area contributed by atoms with Crippen molar-refractivity contribution in [1.82, 2.24) is 24.5 Å². The van der Waals surface area contributed by atoms with Gasteiger partial charge in [0.25, 0.3) is 0 Å². The molecule has 6 nitrogen and oxygen atoms in total. The second-order valence-corrected chi connectivity index (χ2v) is 7.78. The summed E-state index contributed by atoms with van der Waals surface area (Å²) >= 11 is 9.14. The van der Waals surface area contributed by atoms with Crippen molar-refractivity contribution in [3.8, 4) is 0 Å². The predicted octanol–water partition coefficient (Wildman–Crippen LogP) is 3.87. The van der Waals surface area contributed by atoms with E-state index in [-0.39, 0.29) is 0 Å². The third kappa shape index (κ3) is 4.39. The molecular weight excluding hydrogens is 424 g/mol. The van der Waals surface area contributed by atoms with Gasteiger partial charge in [0, 0.05) is 14.1 Å². The van der Waals surface area contributed by atoms with Crippen molar-refractivity contribution in [1.29, 1.82) is 0 Å². The summed E-state index contributed by atoms with van der Waals surface area (Å²) < 4.78 is 4.83. The Bertz CT molecular complexity index is 927. The monoisotopic (exact) mass is 446 g/mol. The van der Waals surface area contributed by atoms with Crippen molar-refractivity contribution in [2.24, 2.45) is 7.05 Å². The molecule has 2 aromatic heterocycles. The van der Waals surface area contributed by atoms with Gasteiger partial charge in [0.2, 0.25) is 0 Å². The van der Waals surface area contributed by atoms with Crippen LogP contribution < -0.4 is 5.32 Å². The summed E-state index contributed by atoms with van der Waals surface area (Å²) in [4.78, 5) is 1.99. The summed E-state index contributed by atoms with van der Waals surface area (Å²) in [5, 5.41) is 12.9. The van der Waals surface area contributed by atoms with Crippen molar-refractivity contribution in [2.45, 2.75) is 26.9 Å². The lowest BCUT2D eigenvalue weighted by Gasteiger charge is -2.21. The van der Waals surface area contributed by atoms with Crippen LogP contribution in [0.1, 0.15) is 22.6 Å². The van der Waals surface area contributed by atoms with E-state index >= 15 is 0 Å². The van der Waals surface area contributed by atoms with Gasteiger partial charge < -0.3 is 10.2 Å². The minimum Gasteiger partial charge on any atom is -0.346 e. The first kappa shape index (κ1) is 19.6. The fourth-order valence-electron chi connectivity index (χ4n) is 2.90. The highest BCUT2D eigenvalue weighted by molar-refractivity contribution is 9.10. The number of rotatable bonds is 5. The Hall–Kier alpha value is -2.19. The lowest BCUT2D eigenvalue weighted by Crippen LogP contribution is -2.31. The molecule has 8 heteroatoms. The predicted molar refractivity (Wildman–Crippen MR) is 116 cm³/mol. The van der Waals surface area contributed by atoms with Crippen molar-refractivity contribution < 1.29 is 0 Å². The standard InChI is InChI=1S/C19H23BrN6S/c1-13-18(14(2)26(23-13)11-15-8-6-5-7-9-15)22-19(27)24(3)12-17-16(20)10-21-25(17)4/h5-10H,11-12H2,1-4H3,(H,22,27). The highest BCUT2D eigenvalue weighted by atomic mass is 79.9. The maximum atomic E-state index is 5.61. The lowest BCUT2D eigenvalue weighted by atomic mass is 10.2. The van der Waals surface area contributed by atoms with E-state index in [9.17, 15) is 0 Å². The summed E-state index contributed by atoms with van der Waals surface area (Å²) in [6.07, 6.45) is 1.79. The quantitative estimate of drug-likeness (QED) is 0.602. The first-order valence-electron chi connectivity index (χ1n) is 8.63. The number of aromatic nitrogens is 4. The molecule has 2 heterocycles. The molecule has 3 aromatic rings. The van der Waals surface area contributed by atoms with E-state index in [0.29, 0.717) is 11.7 Å². The zero-order chi connectivity index (χ0) is 19.6. The number of benzene rings is 1. The molecule has 0 atom stereocenters. The number of halogens is 1. The molecule has 1 N–H and O–H groups in total. The summed E-state index contributed by atoms with van der Waals surface area (Å²) in [6.45, 7) is 5.45. The van der Waals surface area contributed by atoms with E-state index in [4.69, 9.17) is 12.2 Å². The maximum absolute atomic E-state index is 5.61. The fraction of sp³-hybridized carbons (Fsp3) is 0.316. The van der Waals surface area contributed by atoms with Gasteiger partial charge in [-0.25, -0.2) is 0 Å². The number of nitrogens with one attached hydrogen (secondary N) is 1. The Morgan fingerprint density at radius 2 is 1.96 bits per heavy atom. The van der Waals surface area contributed by atoms with Crippen LogP contribution in [0.15, 0.2) is 41.0 Å². The second kappa shape index (κ2) is 8.22. The molecule has 0 bridgehead atoms. The molecule has 0 saturated carbocycles. The second-order valence-electron chi connectivity index (χ2n) is 6.54. The molecule has 0 radical (unpaired) electrons. The molecule has 0 aliphatic carbocycles. The van der Waals surface area contributed by atoms with Gasteiger partial charge in [0.15, 0.2) is 5.11 Å². The van der Waals surface area contributed by atoms with E-state index in [1.807, 2.05) is 53.5 Å². The third-order valence-electron chi connectivity index (χ3n) is 4.53. The molecule has 142 valence electrons. The summed E-state index contributed by atoms with van der Waals surface area (Å²) in [7, 11) is 3.89. The first-order valence-corrected chi connectivity index (χ1v) is 9.83. The van der Waals surface area contributed by atoms with Gasteiger partial charge in [0.1, 0.15) is 0 Å². The minimum absolute atomic E-state index is 0.647. The van der Waals surface area contributed by atoms with Crippen LogP contribution in [0.4, 0.5) is 5.69 Å². The first-order chi connectivity index (χ1) is 12.9. The van der Waals surface area contributed by atoms with Gasteiger partial charge in [-0.3, -0.25) is 9.36 Å².